The molecule has 8 heteroatoms. The number of pyridine rings is 1. The van der Waals surface area contributed by atoms with Crippen LogP contribution in [0.1, 0.15) is 39.2 Å². The van der Waals surface area contributed by atoms with Crippen LogP contribution in [0.25, 0.3) is 11.1 Å². The molecule has 2 aromatic carbocycles. The fraction of sp³-hybridized carbons (Fsp3) is 0.379. The summed E-state index contributed by atoms with van der Waals surface area (Å²) in [6, 6.07) is 15.6. The van der Waals surface area contributed by atoms with Crippen molar-refractivity contribution in [3.05, 3.63) is 70.3 Å². The Kier molecular flexibility index (Phi) is 8.20. The van der Waals surface area contributed by atoms with Gasteiger partial charge in [0, 0.05) is 36.2 Å². The highest BCUT2D eigenvalue weighted by Crippen LogP contribution is 2.32. The average Bonchev–Trinajstić information content (AvgIpc) is 2.82. The molecule has 0 atom stereocenters. The lowest BCUT2D eigenvalue weighted by molar-refractivity contribution is 0.0201. The van der Waals surface area contributed by atoms with Crippen LogP contribution in [0.4, 0.5) is 10.6 Å². The minimum Gasteiger partial charge on any atom is -0.456 e. The minimum absolute atomic E-state index is 0.151. The van der Waals surface area contributed by atoms with E-state index in [1.807, 2.05) is 71.1 Å². The number of rotatable bonds is 5. The van der Waals surface area contributed by atoms with Gasteiger partial charge >= 0.3 is 6.09 Å². The van der Waals surface area contributed by atoms with E-state index in [1.165, 1.54) is 0 Å². The second-order valence-corrected chi connectivity index (χ2v) is 11.3. The normalized spacial score (nSPS) is 14.4. The number of carbonyl (C=O) groups is 1. The second-order valence-electron chi connectivity index (χ2n) is 10.5. The van der Waals surface area contributed by atoms with Crippen molar-refractivity contribution in [2.24, 2.45) is 0 Å². The lowest BCUT2D eigenvalue weighted by Crippen LogP contribution is -2.47. The first-order valence-corrected chi connectivity index (χ1v) is 13.2. The first-order valence-electron chi connectivity index (χ1n) is 12.4. The summed E-state index contributed by atoms with van der Waals surface area (Å²) in [5.74, 6) is 2.26. The molecule has 1 fully saturated rings. The van der Waals surface area contributed by atoms with Gasteiger partial charge in [-0.2, -0.15) is 0 Å². The Hall–Kier alpha value is -2.96. The highest BCUT2D eigenvalue weighted by Gasteiger charge is 2.29. The minimum atomic E-state index is -0.497. The molecule has 0 radical (unpaired) electrons. The molecular formula is C29H33Cl2N3O3. The SMILES string of the molecule is Cc1cc(Oc2ccc(N3CCC(N(C)C(=O)OC(C)(C)C)CC3)nc2)cc(-c2cc(Cl)cc(Cl)c2)c1. The van der Waals surface area contributed by atoms with Gasteiger partial charge in [0.05, 0.1) is 6.20 Å². The van der Waals surface area contributed by atoms with E-state index in [-0.39, 0.29) is 12.1 Å². The molecule has 37 heavy (non-hydrogen) atoms. The molecule has 0 spiro atoms. The lowest BCUT2D eigenvalue weighted by atomic mass is 10.0. The van der Waals surface area contributed by atoms with Gasteiger partial charge in [0.2, 0.25) is 0 Å². The van der Waals surface area contributed by atoms with Crippen LogP contribution in [0.5, 0.6) is 11.5 Å². The van der Waals surface area contributed by atoms with Crippen molar-refractivity contribution in [1.82, 2.24) is 9.88 Å². The fourth-order valence-electron chi connectivity index (χ4n) is 4.42. The third kappa shape index (κ3) is 7.30. The zero-order chi connectivity index (χ0) is 26.7. The fourth-order valence-corrected chi connectivity index (χ4v) is 4.94. The van der Waals surface area contributed by atoms with Crippen molar-refractivity contribution in [3.63, 3.8) is 0 Å². The van der Waals surface area contributed by atoms with Gasteiger partial charge < -0.3 is 19.3 Å². The van der Waals surface area contributed by atoms with Crippen LogP contribution in [0.3, 0.4) is 0 Å². The Balaban J connectivity index is 1.38. The maximum absolute atomic E-state index is 12.4. The van der Waals surface area contributed by atoms with Crippen LogP contribution >= 0.6 is 23.2 Å². The van der Waals surface area contributed by atoms with Crippen molar-refractivity contribution in [2.75, 3.05) is 25.0 Å². The van der Waals surface area contributed by atoms with Crippen LogP contribution in [-0.2, 0) is 4.74 Å². The van der Waals surface area contributed by atoms with Gasteiger partial charge in [-0.1, -0.05) is 29.3 Å². The van der Waals surface area contributed by atoms with E-state index >= 15 is 0 Å². The molecule has 1 aliphatic heterocycles. The molecule has 0 unspecified atom stereocenters. The molecule has 3 aromatic rings. The molecule has 0 N–H and O–H groups in total. The van der Waals surface area contributed by atoms with E-state index in [9.17, 15) is 4.79 Å². The number of aromatic nitrogens is 1. The first-order chi connectivity index (χ1) is 17.5. The van der Waals surface area contributed by atoms with Crippen LogP contribution in [-0.4, -0.2) is 47.8 Å². The number of hydrogen-bond donors (Lipinski definition) is 0. The molecule has 1 amide bonds. The van der Waals surface area contributed by atoms with Gasteiger partial charge in [-0.05, 0) is 99.7 Å². The number of hydrogen-bond acceptors (Lipinski definition) is 5. The standard InChI is InChI=1S/C29H33Cl2N3O3/c1-19-12-20(21-14-22(30)17-23(31)15-21)16-26(13-19)36-25-6-7-27(32-18-25)34-10-8-24(9-11-34)33(5)28(35)37-29(2,3)4/h6-7,12-18,24H,8-11H2,1-5H3. The third-order valence-electron chi connectivity index (χ3n) is 6.22. The summed E-state index contributed by atoms with van der Waals surface area (Å²) in [5.41, 5.74) is 2.47. The summed E-state index contributed by atoms with van der Waals surface area (Å²) < 4.78 is 11.6. The van der Waals surface area contributed by atoms with Crippen molar-refractivity contribution in [1.29, 1.82) is 0 Å². The molecule has 6 nitrogen and oxygen atoms in total. The van der Waals surface area contributed by atoms with Gasteiger partial charge in [-0.25, -0.2) is 9.78 Å². The monoisotopic (exact) mass is 541 g/mol. The van der Waals surface area contributed by atoms with Crippen molar-refractivity contribution < 1.29 is 14.3 Å². The summed E-state index contributed by atoms with van der Waals surface area (Å²) in [6.45, 7) is 9.30. The van der Waals surface area contributed by atoms with Gasteiger partial charge in [0.15, 0.2) is 0 Å². The zero-order valence-electron chi connectivity index (χ0n) is 21.9. The number of nitrogens with zero attached hydrogens (tertiary/aromatic N) is 3. The highest BCUT2D eigenvalue weighted by molar-refractivity contribution is 6.35. The highest BCUT2D eigenvalue weighted by atomic mass is 35.5. The summed E-state index contributed by atoms with van der Waals surface area (Å²) in [5, 5.41) is 1.18. The molecule has 196 valence electrons. The Morgan fingerprint density at radius 3 is 2.22 bits per heavy atom. The molecule has 0 aliphatic carbocycles. The Labute approximate surface area is 229 Å². The number of benzene rings is 2. The summed E-state index contributed by atoms with van der Waals surface area (Å²) in [7, 11) is 1.82. The van der Waals surface area contributed by atoms with Crippen LogP contribution in [0, 0.1) is 6.92 Å². The lowest BCUT2D eigenvalue weighted by Gasteiger charge is -2.37. The molecule has 4 rings (SSSR count). The van der Waals surface area contributed by atoms with Crippen LogP contribution < -0.4 is 9.64 Å². The maximum atomic E-state index is 12.4. The average molecular weight is 543 g/mol. The summed E-state index contributed by atoms with van der Waals surface area (Å²) >= 11 is 12.4. The van der Waals surface area contributed by atoms with Crippen molar-refractivity contribution in [2.45, 2.75) is 52.2 Å². The number of ether oxygens (including phenoxy) is 2. The summed E-state index contributed by atoms with van der Waals surface area (Å²) in [6.07, 6.45) is 3.18. The largest absolute Gasteiger partial charge is 0.456 e. The number of anilines is 1. The van der Waals surface area contributed by atoms with Crippen molar-refractivity contribution in [3.8, 4) is 22.6 Å². The number of aryl methyl sites for hydroxylation is 1. The molecule has 2 heterocycles. The quantitative estimate of drug-likeness (QED) is 0.327. The summed E-state index contributed by atoms with van der Waals surface area (Å²) in [4.78, 5) is 21.0. The maximum Gasteiger partial charge on any atom is 0.410 e. The third-order valence-corrected chi connectivity index (χ3v) is 6.66. The molecule has 0 bridgehead atoms. The number of carbonyl (C=O) groups excluding carboxylic acids is 1. The molecular weight excluding hydrogens is 509 g/mol. The first kappa shape index (κ1) is 27.1. The van der Waals surface area contributed by atoms with Crippen molar-refractivity contribution >= 4 is 35.1 Å². The topological polar surface area (TPSA) is 54.9 Å². The van der Waals surface area contributed by atoms with E-state index in [0.29, 0.717) is 21.5 Å². The molecule has 1 aromatic heterocycles. The van der Waals surface area contributed by atoms with E-state index in [1.54, 1.807) is 17.2 Å². The Bertz CT molecular complexity index is 1230. The number of piperidine rings is 1. The van der Waals surface area contributed by atoms with Gasteiger partial charge in [0.25, 0.3) is 0 Å². The van der Waals surface area contributed by atoms with Crippen LogP contribution in [0.2, 0.25) is 10.0 Å². The smallest absolute Gasteiger partial charge is 0.410 e. The van der Waals surface area contributed by atoms with Gasteiger partial charge in [-0.15, -0.1) is 0 Å². The Morgan fingerprint density at radius 2 is 1.62 bits per heavy atom. The molecule has 0 saturated carbocycles. The van der Waals surface area contributed by atoms with E-state index in [2.05, 4.69) is 16.0 Å². The van der Waals surface area contributed by atoms with E-state index < -0.39 is 5.60 Å². The van der Waals surface area contributed by atoms with Crippen LogP contribution in [0.15, 0.2) is 54.7 Å². The van der Waals surface area contributed by atoms with E-state index in [4.69, 9.17) is 32.7 Å². The van der Waals surface area contributed by atoms with Gasteiger partial charge in [0.1, 0.15) is 22.9 Å². The van der Waals surface area contributed by atoms with E-state index in [0.717, 1.165) is 48.4 Å². The number of amides is 1. The van der Waals surface area contributed by atoms with Gasteiger partial charge in [-0.3, -0.25) is 0 Å². The predicted octanol–water partition coefficient (Wildman–Crippen LogP) is 7.99. The predicted molar refractivity (Wildman–Crippen MR) is 150 cm³/mol. The number of halogens is 2. The zero-order valence-corrected chi connectivity index (χ0v) is 23.4. The molecule has 1 aliphatic rings. The molecule has 1 saturated heterocycles. The Morgan fingerprint density at radius 1 is 0.973 bits per heavy atom. The second kappa shape index (κ2) is 11.2.